The maximum Gasteiger partial charge on any atom is 0.133 e. The molecular weight excluding hydrogens is 192 g/mol. The summed E-state index contributed by atoms with van der Waals surface area (Å²) < 4.78 is 7.44. The Labute approximate surface area is 89.8 Å². The van der Waals surface area contributed by atoms with E-state index >= 15 is 0 Å². The average Bonchev–Trinajstić information content (AvgIpc) is 2.78. The minimum atomic E-state index is 0.337. The summed E-state index contributed by atoms with van der Waals surface area (Å²) in [5.74, 6) is 1.02. The van der Waals surface area contributed by atoms with E-state index in [0.29, 0.717) is 12.1 Å². The summed E-state index contributed by atoms with van der Waals surface area (Å²) in [6, 6.07) is 0.498. The summed E-state index contributed by atoms with van der Waals surface area (Å²) in [4.78, 5) is 0. The number of hydrogen-bond donors (Lipinski definition) is 1. The van der Waals surface area contributed by atoms with Gasteiger partial charge in [-0.15, -0.1) is 10.2 Å². The highest BCUT2D eigenvalue weighted by atomic mass is 16.5. The Balaban J connectivity index is 1.73. The molecule has 1 aromatic rings. The first-order valence-corrected chi connectivity index (χ1v) is 5.45. The first kappa shape index (κ1) is 10.6. The number of nitrogens with one attached hydrogen (secondary N) is 1. The number of nitrogens with zero attached hydrogens (tertiary/aromatic N) is 3. The molecule has 0 aromatic carbocycles. The van der Waals surface area contributed by atoms with Gasteiger partial charge in [0.1, 0.15) is 12.2 Å². The van der Waals surface area contributed by atoms with Crippen molar-refractivity contribution >= 4 is 0 Å². The van der Waals surface area contributed by atoms with E-state index in [9.17, 15) is 0 Å². The second kappa shape index (κ2) is 4.72. The van der Waals surface area contributed by atoms with Gasteiger partial charge in [0, 0.05) is 32.7 Å². The molecule has 0 aliphatic carbocycles. The van der Waals surface area contributed by atoms with Crippen molar-refractivity contribution in [1.29, 1.82) is 0 Å². The highest BCUT2D eigenvalue weighted by molar-refractivity contribution is 4.86. The number of hydrogen-bond acceptors (Lipinski definition) is 4. The van der Waals surface area contributed by atoms with Crippen LogP contribution >= 0.6 is 0 Å². The highest BCUT2D eigenvalue weighted by Crippen LogP contribution is 2.12. The normalized spacial score (nSPS) is 26.0. The van der Waals surface area contributed by atoms with Gasteiger partial charge in [-0.05, 0) is 13.3 Å². The zero-order valence-corrected chi connectivity index (χ0v) is 9.31. The molecule has 15 heavy (non-hydrogen) atoms. The van der Waals surface area contributed by atoms with E-state index in [2.05, 4.69) is 22.4 Å². The van der Waals surface area contributed by atoms with Crippen molar-refractivity contribution in [2.75, 3.05) is 13.2 Å². The van der Waals surface area contributed by atoms with Crippen molar-refractivity contribution in [2.24, 2.45) is 7.05 Å². The van der Waals surface area contributed by atoms with Gasteiger partial charge in [-0.1, -0.05) is 0 Å². The topological polar surface area (TPSA) is 52.0 Å². The third-order valence-corrected chi connectivity index (χ3v) is 2.94. The van der Waals surface area contributed by atoms with Crippen LogP contribution in [0.4, 0.5) is 0 Å². The Bertz CT molecular complexity index is 312. The van der Waals surface area contributed by atoms with Crippen molar-refractivity contribution in [3.63, 3.8) is 0 Å². The van der Waals surface area contributed by atoms with Gasteiger partial charge in [0.05, 0.1) is 6.10 Å². The Morgan fingerprint density at radius 1 is 1.67 bits per heavy atom. The fraction of sp³-hybridized carbons (Fsp3) is 0.800. The van der Waals surface area contributed by atoms with Crippen LogP contribution in [-0.2, 0) is 18.2 Å². The quantitative estimate of drug-likeness (QED) is 0.767. The second-order valence-corrected chi connectivity index (χ2v) is 4.03. The lowest BCUT2D eigenvalue weighted by Crippen LogP contribution is -2.36. The first-order chi connectivity index (χ1) is 7.27. The third-order valence-electron chi connectivity index (χ3n) is 2.94. The summed E-state index contributed by atoms with van der Waals surface area (Å²) >= 11 is 0. The molecule has 0 radical (unpaired) electrons. The van der Waals surface area contributed by atoms with Gasteiger partial charge in [0.15, 0.2) is 0 Å². The lowest BCUT2D eigenvalue weighted by atomic mass is 10.1. The van der Waals surface area contributed by atoms with Crippen LogP contribution in [0.5, 0.6) is 0 Å². The van der Waals surface area contributed by atoms with Crippen LogP contribution in [0.2, 0.25) is 0 Å². The van der Waals surface area contributed by atoms with E-state index in [4.69, 9.17) is 4.74 Å². The zero-order chi connectivity index (χ0) is 10.7. The van der Waals surface area contributed by atoms with Crippen LogP contribution in [-0.4, -0.2) is 40.1 Å². The standard InChI is InChI=1S/C10H18N4O/c1-8-9(4-6-15-8)11-5-3-10-13-12-7-14(10)2/h7-9,11H,3-6H2,1-2H3. The van der Waals surface area contributed by atoms with Gasteiger partial charge in [0.25, 0.3) is 0 Å². The van der Waals surface area contributed by atoms with Crippen molar-refractivity contribution in [3.05, 3.63) is 12.2 Å². The van der Waals surface area contributed by atoms with Crippen molar-refractivity contribution in [2.45, 2.75) is 31.9 Å². The van der Waals surface area contributed by atoms with Crippen LogP contribution in [0.1, 0.15) is 19.2 Å². The van der Waals surface area contributed by atoms with E-state index < -0.39 is 0 Å². The summed E-state index contributed by atoms with van der Waals surface area (Å²) in [6.07, 6.45) is 4.10. The minimum absolute atomic E-state index is 0.337. The summed E-state index contributed by atoms with van der Waals surface area (Å²) in [5, 5.41) is 11.4. The van der Waals surface area contributed by atoms with E-state index in [1.807, 2.05) is 11.6 Å². The van der Waals surface area contributed by atoms with Crippen LogP contribution in [0.15, 0.2) is 6.33 Å². The van der Waals surface area contributed by atoms with Crippen molar-refractivity contribution < 1.29 is 4.74 Å². The molecule has 0 saturated carbocycles. The predicted molar refractivity (Wildman–Crippen MR) is 56.5 cm³/mol. The first-order valence-electron chi connectivity index (χ1n) is 5.45. The molecule has 0 bridgehead atoms. The summed E-state index contributed by atoms with van der Waals surface area (Å²) in [6.45, 7) is 3.93. The fourth-order valence-corrected chi connectivity index (χ4v) is 1.90. The number of rotatable bonds is 4. The average molecular weight is 210 g/mol. The van der Waals surface area contributed by atoms with Gasteiger partial charge in [0.2, 0.25) is 0 Å². The van der Waals surface area contributed by atoms with E-state index in [1.165, 1.54) is 0 Å². The van der Waals surface area contributed by atoms with E-state index in [0.717, 1.165) is 31.8 Å². The molecule has 84 valence electrons. The van der Waals surface area contributed by atoms with Gasteiger partial charge in [-0.25, -0.2) is 0 Å². The molecule has 5 heteroatoms. The smallest absolute Gasteiger partial charge is 0.133 e. The maximum absolute atomic E-state index is 5.48. The molecule has 1 aromatic heterocycles. The second-order valence-electron chi connectivity index (χ2n) is 4.03. The van der Waals surface area contributed by atoms with Gasteiger partial charge in [-0.2, -0.15) is 0 Å². The Hall–Kier alpha value is -0.940. The maximum atomic E-state index is 5.48. The van der Waals surface area contributed by atoms with Crippen LogP contribution in [0.25, 0.3) is 0 Å². The lowest BCUT2D eigenvalue weighted by molar-refractivity contribution is 0.113. The highest BCUT2D eigenvalue weighted by Gasteiger charge is 2.23. The monoisotopic (exact) mass is 210 g/mol. The van der Waals surface area contributed by atoms with Crippen LogP contribution in [0.3, 0.4) is 0 Å². The molecule has 1 aliphatic rings. The molecule has 5 nitrogen and oxygen atoms in total. The number of ether oxygens (including phenoxy) is 1. The van der Waals surface area contributed by atoms with Crippen LogP contribution in [0, 0.1) is 0 Å². The molecule has 1 fully saturated rings. The molecule has 1 N–H and O–H groups in total. The lowest BCUT2D eigenvalue weighted by Gasteiger charge is -2.15. The van der Waals surface area contributed by atoms with E-state index in [1.54, 1.807) is 6.33 Å². The Morgan fingerprint density at radius 2 is 2.53 bits per heavy atom. The third kappa shape index (κ3) is 2.54. The SMILES string of the molecule is CC1OCCC1NCCc1nncn1C. The van der Waals surface area contributed by atoms with Gasteiger partial charge >= 0.3 is 0 Å². The van der Waals surface area contributed by atoms with Crippen molar-refractivity contribution in [3.8, 4) is 0 Å². The summed E-state index contributed by atoms with van der Waals surface area (Å²) in [7, 11) is 1.97. The Morgan fingerprint density at radius 3 is 3.13 bits per heavy atom. The Kier molecular flexibility index (Phi) is 3.33. The molecule has 2 unspecified atom stereocenters. The summed E-state index contributed by atoms with van der Waals surface area (Å²) in [5.41, 5.74) is 0. The minimum Gasteiger partial charge on any atom is -0.377 e. The van der Waals surface area contributed by atoms with E-state index in [-0.39, 0.29) is 0 Å². The van der Waals surface area contributed by atoms with Gasteiger partial charge in [-0.3, -0.25) is 0 Å². The largest absolute Gasteiger partial charge is 0.377 e. The molecular formula is C10H18N4O. The number of aryl methyl sites for hydroxylation is 1. The molecule has 1 aliphatic heterocycles. The molecule has 0 spiro atoms. The zero-order valence-electron chi connectivity index (χ0n) is 9.31. The molecule has 1 saturated heterocycles. The molecule has 2 rings (SSSR count). The molecule has 0 amide bonds. The number of aromatic nitrogens is 3. The van der Waals surface area contributed by atoms with Crippen molar-refractivity contribution in [1.82, 2.24) is 20.1 Å². The van der Waals surface area contributed by atoms with Gasteiger partial charge < -0.3 is 14.6 Å². The molecule has 2 heterocycles. The van der Waals surface area contributed by atoms with Crippen LogP contribution < -0.4 is 5.32 Å². The predicted octanol–water partition coefficient (Wildman–Crippen LogP) is 0.125. The molecule has 2 atom stereocenters. The fourth-order valence-electron chi connectivity index (χ4n) is 1.90.